The Hall–Kier alpha value is -1.85. The quantitative estimate of drug-likeness (QED) is 0.346. The van der Waals surface area contributed by atoms with Gasteiger partial charge < -0.3 is 15.8 Å². The van der Waals surface area contributed by atoms with Crippen molar-refractivity contribution >= 4 is 11.7 Å². The number of anilines is 1. The van der Waals surface area contributed by atoms with Crippen LogP contribution in [0.1, 0.15) is 18.9 Å². The minimum atomic E-state index is 0.0382. The van der Waals surface area contributed by atoms with Crippen molar-refractivity contribution in [1.82, 2.24) is 9.97 Å². The van der Waals surface area contributed by atoms with Crippen molar-refractivity contribution in [3.05, 3.63) is 18.1 Å². The zero-order valence-corrected chi connectivity index (χ0v) is 10.0. The van der Waals surface area contributed by atoms with Gasteiger partial charge in [0.05, 0.1) is 5.56 Å². The van der Waals surface area contributed by atoms with Gasteiger partial charge in [-0.15, -0.1) is 0 Å². The van der Waals surface area contributed by atoms with Crippen LogP contribution < -0.4 is 10.6 Å². The van der Waals surface area contributed by atoms with E-state index in [1.165, 1.54) is 12.7 Å². The van der Waals surface area contributed by atoms with E-state index in [0.717, 1.165) is 18.4 Å². The topological polar surface area (TPSA) is 87.6 Å². The first kappa shape index (κ1) is 11.6. The molecule has 1 aliphatic rings. The summed E-state index contributed by atoms with van der Waals surface area (Å²) in [5.41, 5.74) is 6.16. The molecule has 0 bridgehead atoms. The highest BCUT2D eigenvalue weighted by molar-refractivity contribution is 6.01. The van der Waals surface area contributed by atoms with Gasteiger partial charge in [0.15, 0.2) is 5.84 Å². The zero-order chi connectivity index (χ0) is 12.4. The maximum absolute atomic E-state index is 8.72. The predicted molar refractivity (Wildman–Crippen MR) is 65.1 cm³/mol. The molecule has 92 valence electrons. The Morgan fingerprint density at radius 2 is 2.41 bits per heavy atom. The average molecular weight is 235 g/mol. The molecule has 1 aliphatic carbocycles. The Kier molecular flexibility index (Phi) is 3.12. The maximum atomic E-state index is 8.72. The van der Waals surface area contributed by atoms with Crippen LogP contribution >= 0.6 is 0 Å². The molecule has 17 heavy (non-hydrogen) atoms. The molecule has 0 amide bonds. The summed E-state index contributed by atoms with van der Waals surface area (Å²) in [4.78, 5) is 10.1. The van der Waals surface area contributed by atoms with Crippen LogP contribution in [0.15, 0.2) is 17.7 Å². The molecule has 1 aromatic rings. The van der Waals surface area contributed by atoms with Crippen LogP contribution in [0, 0.1) is 11.8 Å². The molecular formula is C11H17N5O. The summed E-state index contributed by atoms with van der Waals surface area (Å²) < 4.78 is 0. The van der Waals surface area contributed by atoms with Gasteiger partial charge in [-0.1, -0.05) is 12.1 Å². The van der Waals surface area contributed by atoms with Gasteiger partial charge in [-0.2, -0.15) is 0 Å². The summed E-state index contributed by atoms with van der Waals surface area (Å²) >= 11 is 0. The fourth-order valence-corrected chi connectivity index (χ4v) is 1.95. The van der Waals surface area contributed by atoms with Crippen molar-refractivity contribution in [1.29, 1.82) is 0 Å². The Balaban J connectivity index is 2.19. The summed E-state index contributed by atoms with van der Waals surface area (Å²) in [6.07, 6.45) is 4.29. The molecule has 2 rings (SSSR count). The average Bonchev–Trinajstić information content (AvgIpc) is 3.03. The van der Waals surface area contributed by atoms with Crippen LogP contribution in [0.3, 0.4) is 0 Å². The van der Waals surface area contributed by atoms with Gasteiger partial charge in [-0.25, -0.2) is 9.97 Å². The second kappa shape index (κ2) is 4.57. The Bertz CT molecular complexity index is 434. The fraction of sp³-hybridized carbons (Fsp3) is 0.545. The van der Waals surface area contributed by atoms with Crippen LogP contribution in [0.25, 0.3) is 0 Å². The smallest absolute Gasteiger partial charge is 0.175 e. The number of nitrogens with two attached hydrogens (primary N) is 1. The van der Waals surface area contributed by atoms with E-state index in [-0.39, 0.29) is 5.84 Å². The number of aromatic nitrogens is 2. The molecule has 2 atom stereocenters. The van der Waals surface area contributed by atoms with Gasteiger partial charge in [0, 0.05) is 19.8 Å². The third-order valence-electron chi connectivity index (χ3n) is 3.22. The lowest BCUT2D eigenvalue weighted by Crippen LogP contribution is -2.26. The summed E-state index contributed by atoms with van der Waals surface area (Å²) in [7, 11) is 1.96. The molecular weight excluding hydrogens is 218 g/mol. The molecule has 1 saturated carbocycles. The van der Waals surface area contributed by atoms with Crippen LogP contribution in [0.4, 0.5) is 5.82 Å². The van der Waals surface area contributed by atoms with Crippen LogP contribution in [0.2, 0.25) is 0 Å². The number of hydrogen-bond donors (Lipinski definition) is 2. The third kappa shape index (κ3) is 2.46. The summed E-state index contributed by atoms with van der Waals surface area (Å²) in [6.45, 7) is 3.17. The number of oxime groups is 1. The van der Waals surface area contributed by atoms with Crippen molar-refractivity contribution in [2.24, 2.45) is 22.7 Å². The minimum absolute atomic E-state index is 0.0382. The summed E-state index contributed by atoms with van der Waals surface area (Å²) in [5.74, 6) is 2.24. The van der Waals surface area contributed by atoms with E-state index in [4.69, 9.17) is 10.9 Å². The van der Waals surface area contributed by atoms with Gasteiger partial charge in [-0.3, -0.25) is 0 Å². The lowest BCUT2D eigenvalue weighted by Gasteiger charge is -2.20. The molecule has 0 spiro atoms. The van der Waals surface area contributed by atoms with Gasteiger partial charge in [0.2, 0.25) is 0 Å². The second-order valence-electron chi connectivity index (χ2n) is 4.60. The molecule has 6 nitrogen and oxygen atoms in total. The van der Waals surface area contributed by atoms with Crippen LogP contribution in [0.5, 0.6) is 0 Å². The summed E-state index contributed by atoms with van der Waals surface area (Å²) in [5, 5.41) is 11.7. The molecule has 0 radical (unpaired) electrons. The third-order valence-corrected chi connectivity index (χ3v) is 3.22. The normalized spacial score (nSPS) is 23.5. The molecule has 2 unspecified atom stereocenters. The first-order valence-corrected chi connectivity index (χ1v) is 5.62. The van der Waals surface area contributed by atoms with E-state index >= 15 is 0 Å². The number of hydrogen-bond acceptors (Lipinski definition) is 5. The maximum Gasteiger partial charge on any atom is 0.175 e. The van der Waals surface area contributed by atoms with Crippen molar-refractivity contribution in [2.75, 3.05) is 18.5 Å². The van der Waals surface area contributed by atoms with Gasteiger partial charge in [-0.05, 0) is 18.3 Å². The number of amidine groups is 1. The molecule has 3 N–H and O–H groups in total. The SMILES string of the molecule is CC1CC1CN(C)c1ncncc1C(N)=NO. The van der Waals surface area contributed by atoms with Crippen LogP contribution in [-0.2, 0) is 0 Å². The molecule has 1 heterocycles. The predicted octanol–water partition coefficient (Wildman–Crippen LogP) is 0.663. The Labute approximate surface area is 100 Å². The molecule has 0 aliphatic heterocycles. The number of nitrogens with zero attached hydrogens (tertiary/aromatic N) is 4. The van der Waals surface area contributed by atoms with E-state index in [0.29, 0.717) is 11.4 Å². The van der Waals surface area contributed by atoms with E-state index < -0.39 is 0 Å². The lowest BCUT2D eigenvalue weighted by atomic mass is 10.2. The fourth-order valence-electron chi connectivity index (χ4n) is 1.95. The Morgan fingerprint density at radius 1 is 1.71 bits per heavy atom. The van der Waals surface area contributed by atoms with E-state index in [2.05, 4.69) is 22.0 Å². The van der Waals surface area contributed by atoms with Gasteiger partial charge in [0.25, 0.3) is 0 Å². The van der Waals surface area contributed by atoms with Crippen molar-refractivity contribution < 1.29 is 5.21 Å². The molecule has 0 aromatic carbocycles. The molecule has 0 saturated heterocycles. The highest BCUT2D eigenvalue weighted by Gasteiger charge is 2.33. The van der Waals surface area contributed by atoms with Crippen LogP contribution in [-0.4, -0.2) is 34.6 Å². The zero-order valence-electron chi connectivity index (χ0n) is 10.0. The number of rotatable bonds is 4. The second-order valence-corrected chi connectivity index (χ2v) is 4.60. The first-order valence-electron chi connectivity index (χ1n) is 5.62. The van der Waals surface area contributed by atoms with Crippen molar-refractivity contribution in [3.8, 4) is 0 Å². The van der Waals surface area contributed by atoms with E-state index in [1.54, 1.807) is 6.20 Å². The highest BCUT2D eigenvalue weighted by atomic mass is 16.4. The highest BCUT2D eigenvalue weighted by Crippen LogP contribution is 2.38. The monoisotopic (exact) mass is 235 g/mol. The van der Waals surface area contributed by atoms with Gasteiger partial charge >= 0.3 is 0 Å². The van der Waals surface area contributed by atoms with E-state index in [1.807, 2.05) is 11.9 Å². The largest absolute Gasteiger partial charge is 0.409 e. The summed E-state index contributed by atoms with van der Waals surface area (Å²) in [6, 6.07) is 0. The molecule has 1 fully saturated rings. The van der Waals surface area contributed by atoms with Crippen molar-refractivity contribution in [2.45, 2.75) is 13.3 Å². The minimum Gasteiger partial charge on any atom is -0.409 e. The lowest BCUT2D eigenvalue weighted by molar-refractivity contribution is 0.318. The first-order chi connectivity index (χ1) is 8.13. The van der Waals surface area contributed by atoms with E-state index in [9.17, 15) is 0 Å². The molecule has 1 aromatic heterocycles. The van der Waals surface area contributed by atoms with Crippen molar-refractivity contribution in [3.63, 3.8) is 0 Å². The molecule has 6 heteroatoms. The Morgan fingerprint density at radius 3 is 3.00 bits per heavy atom. The van der Waals surface area contributed by atoms with Gasteiger partial charge in [0.1, 0.15) is 12.1 Å². The standard InChI is InChI=1S/C11H17N5O/c1-7-3-8(7)5-16(2)11-9(10(12)15-17)4-13-6-14-11/h4,6-8,17H,3,5H2,1-2H3,(H2,12,15).